The van der Waals surface area contributed by atoms with Crippen molar-refractivity contribution in [3.05, 3.63) is 52.8 Å². The van der Waals surface area contributed by atoms with Crippen LogP contribution in [0.2, 0.25) is 0 Å². The predicted molar refractivity (Wildman–Crippen MR) is 104 cm³/mol. The molecule has 1 heterocycles. The molecule has 0 fully saturated rings. The van der Waals surface area contributed by atoms with E-state index >= 15 is 0 Å². The first-order valence-electron chi connectivity index (χ1n) is 9.17. The first kappa shape index (κ1) is 18.8. The Labute approximate surface area is 148 Å². The largest absolute Gasteiger partial charge is 0.267 e. The summed E-state index contributed by atoms with van der Waals surface area (Å²) in [5.41, 5.74) is 6.00. The van der Waals surface area contributed by atoms with E-state index in [1.54, 1.807) is 0 Å². The van der Waals surface area contributed by atoms with Gasteiger partial charge in [-0.3, -0.25) is 4.68 Å². The zero-order valence-electron chi connectivity index (χ0n) is 16.8. The lowest BCUT2D eigenvalue weighted by Crippen LogP contribution is -2.18. The van der Waals surface area contributed by atoms with Crippen molar-refractivity contribution < 1.29 is 0 Å². The van der Waals surface area contributed by atoms with Gasteiger partial charge in [-0.2, -0.15) is 5.10 Å². The van der Waals surface area contributed by atoms with Crippen LogP contribution < -0.4 is 0 Å². The van der Waals surface area contributed by atoms with Crippen LogP contribution >= 0.6 is 0 Å². The predicted octanol–water partition coefficient (Wildman–Crippen LogP) is 5.84. The summed E-state index contributed by atoms with van der Waals surface area (Å²) in [6.45, 7) is 18.2. The molecular formula is C22H34N2. The molecule has 0 aliphatic rings. The van der Waals surface area contributed by atoms with E-state index in [-0.39, 0.29) is 10.8 Å². The monoisotopic (exact) mass is 326 g/mol. The van der Waals surface area contributed by atoms with Crippen molar-refractivity contribution >= 4 is 0 Å². The van der Waals surface area contributed by atoms with Crippen LogP contribution in [0.3, 0.4) is 0 Å². The number of benzene rings is 1. The SMILES string of the molecule is CC(C)n1ncc(C(C)(C)C)c1CCc1ccccc1C(C)(C)C. The number of nitrogens with zero attached hydrogens (tertiary/aromatic N) is 2. The number of rotatable bonds is 4. The Bertz CT molecular complexity index is 679. The molecule has 0 bridgehead atoms. The van der Waals surface area contributed by atoms with Gasteiger partial charge in [0.2, 0.25) is 0 Å². The molecule has 0 unspecified atom stereocenters. The maximum Gasteiger partial charge on any atom is 0.0530 e. The number of aromatic nitrogens is 2. The highest BCUT2D eigenvalue weighted by Crippen LogP contribution is 2.30. The molecule has 0 saturated heterocycles. The molecule has 0 amide bonds. The van der Waals surface area contributed by atoms with Gasteiger partial charge >= 0.3 is 0 Å². The zero-order chi connectivity index (χ0) is 18.1. The molecule has 0 radical (unpaired) electrons. The fraction of sp³-hybridized carbons (Fsp3) is 0.591. The maximum atomic E-state index is 4.68. The minimum absolute atomic E-state index is 0.131. The maximum absolute atomic E-state index is 4.68. The van der Waals surface area contributed by atoms with Crippen LogP contribution in [-0.4, -0.2) is 9.78 Å². The van der Waals surface area contributed by atoms with E-state index in [4.69, 9.17) is 0 Å². The molecule has 0 atom stereocenters. The number of hydrogen-bond donors (Lipinski definition) is 0. The Kier molecular flexibility index (Phi) is 5.27. The molecule has 132 valence electrons. The zero-order valence-corrected chi connectivity index (χ0v) is 16.8. The van der Waals surface area contributed by atoms with E-state index in [2.05, 4.69) is 95.6 Å². The normalized spacial score (nSPS) is 12.9. The van der Waals surface area contributed by atoms with Crippen LogP contribution in [0.4, 0.5) is 0 Å². The molecule has 0 N–H and O–H groups in total. The Morgan fingerprint density at radius 1 is 0.875 bits per heavy atom. The first-order valence-corrected chi connectivity index (χ1v) is 9.17. The quantitative estimate of drug-likeness (QED) is 0.689. The lowest BCUT2D eigenvalue weighted by Gasteiger charge is -2.24. The van der Waals surface area contributed by atoms with Crippen LogP contribution in [-0.2, 0) is 23.7 Å². The van der Waals surface area contributed by atoms with Crippen LogP contribution in [0.1, 0.15) is 83.8 Å². The average Bonchev–Trinajstić information content (AvgIpc) is 2.88. The lowest BCUT2D eigenvalue weighted by molar-refractivity contribution is 0.498. The van der Waals surface area contributed by atoms with E-state index in [0.717, 1.165) is 12.8 Å². The van der Waals surface area contributed by atoms with Gasteiger partial charge < -0.3 is 0 Å². The van der Waals surface area contributed by atoms with Crippen LogP contribution in [0.25, 0.3) is 0 Å². The summed E-state index contributed by atoms with van der Waals surface area (Å²) in [5, 5.41) is 4.68. The van der Waals surface area contributed by atoms with Gasteiger partial charge in [0.05, 0.1) is 6.20 Å². The van der Waals surface area contributed by atoms with Crippen LogP contribution in [0.5, 0.6) is 0 Å². The van der Waals surface area contributed by atoms with Crippen molar-refractivity contribution in [2.24, 2.45) is 0 Å². The summed E-state index contributed by atoms with van der Waals surface area (Å²) in [6.07, 6.45) is 4.18. The summed E-state index contributed by atoms with van der Waals surface area (Å²) in [6, 6.07) is 9.28. The third-order valence-corrected chi connectivity index (χ3v) is 4.65. The molecule has 1 aromatic carbocycles. The van der Waals surface area contributed by atoms with Crippen LogP contribution in [0.15, 0.2) is 30.5 Å². The van der Waals surface area contributed by atoms with Gasteiger partial charge in [0.15, 0.2) is 0 Å². The van der Waals surface area contributed by atoms with E-state index in [0.29, 0.717) is 6.04 Å². The van der Waals surface area contributed by atoms with Crippen molar-refractivity contribution in [3.63, 3.8) is 0 Å². The van der Waals surface area contributed by atoms with Crippen molar-refractivity contribution in [2.75, 3.05) is 0 Å². The van der Waals surface area contributed by atoms with E-state index in [1.807, 2.05) is 0 Å². The molecule has 24 heavy (non-hydrogen) atoms. The second-order valence-electron chi connectivity index (χ2n) is 9.20. The lowest BCUT2D eigenvalue weighted by atomic mass is 9.81. The first-order chi connectivity index (χ1) is 11.0. The fourth-order valence-corrected chi connectivity index (χ4v) is 3.43. The van der Waals surface area contributed by atoms with Gasteiger partial charge in [-0.05, 0) is 54.2 Å². The van der Waals surface area contributed by atoms with Gasteiger partial charge in [0.25, 0.3) is 0 Å². The summed E-state index contributed by atoms with van der Waals surface area (Å²) in [7, 11) is 0. The summed E-state index contributed by atoms with van der Waals surface area (Å²) in [5.74, 6) is 0. The second-order valence-corrected chi connectivity index (χ2v) is 9.20. The van der Waals surface area contributed by atoms with Crippen molar-refractivity contribution in [2.45, 2.75) is 85.1 Å². The van der Waals surface area contributed by atoms with E-state index < -0.39 is 0 Å². The average molecular weight is 327 g/mol. The van der Waals surface area contributed by atoms with Gasteiger partial charge in [0, 0.05) is 11.7 Å². The van der Waals surface area contributed by atoms with Crippen molar-refractivity contribution in [3.8, 4) is 0 Å². The van der Waals surface area contributed by atoms with Gasteiger partial charge in [-0.1, -0.05) is 65.8 Å². The highest BCUT2D eigenvalue weighted by molar-refractivity contribution is 5.34. The smallest absolute Gasteiger partial charge is 0.0530 e. The number of aryl methyl sites for hydroxylation is 1. The van der Waals surface area contributed by atoms with Gasteiger partial charge in [0.1, 0.15) is 0 Å². The van der Waals surface area contributed by atoms with Gasteiger partial charge in [-0.15, -0.1) is 0 Å². The molecule has 0 aliphatic heterocycles. The molecule has 0 aliphatic carbocycles. The molecule has 2 nitrogen and oxygen atoms in total. The number of hydrogen-bond acceptors (Lipinski definition) is 1. The fourth-order valence-electron chi connectivity index (χ4n) is 3.43. The third kappa shape index (κ3) is 4.09. The highest BCUT2D eigenvalue weighted by Gasteiger charge is 2.24. The molecule has 0 saturated carbocycles. The molecule has 0 spiro atoms. The third-order valence-electron chi connectivity index (χ3n) is 4.65. The second kappa shape index (κ2) is 6.74. The molecule has 2 rings (SSSR count). The molecule has 2 aromatic rings. The van der Waals surface area contributed by atoms with Crippen molar-refractivity contribution in [1.29, 1.82) is 0 Å². The van der Waals surface area contributed by atoms with E-state index in [9.17, 15) is 0 Å². The van der Waals surface area contributed by atoms with Crippen LogP contribution in [0, 0.1) is 0 Å². The Morgan fingerprint density at radius 3 is 2.00 bits per heavy atom. The molecular weight excluding hydrogens is 292 g/mol. The Morgan fingerprint density at radius 2 is 1.46 bits per heavy atom. The minimum atomic E-state index is 0.131. The summed E-state index contributed by atoms with van der Waals surface area (Å²) >= 11 is 0. The van der Waals surface area contributed by atoms with Crippen molar-refractivity contribution in [1.82, 2.24) is 9.78 Å². The molecule has 1 aromatic heterocycles. The van der Waals surface area contributed by atoms with E-state index in [1.165, 1.54) is 22.4 Å². The van der Waals surface area contributed by atoms with Gasteiger partial charge in [-0.25, -0.2) is 0 Å². The standard InChI is InChI=1S/C22H34N2/c1-16(2)24-20(19(15-23-24)22(6,7)8)14-13-17-11-9-10-12-18(17)21(3,4)5/h9-12,15-16H,13-14H2,1-8H3. The molecule has 2 heteroatoms. The topological polar surface area (TPSA) is 17.8 Å². The minimum Gasteiger partial charge on any atom is -0.267 e. The summed E-state index contributed by atoms with van der Waals surface area (Å²) < 4.78 is 2.21. The highest BCUT2D eigenvalue weighted by atomic mass is 15.3. The Hall–Kier alpha value is -1.57. The Balaban J connectivity index is 2.35. The summed E-state index contributed by atoms with van der Waals surface area (Å²) in [4.78, 5) is 0.